The van der Waals surface area contributed by atoms with Crippen LogP contribution in [0.2, 0.25) is 0 Å². The van der Waals surface area contributed by atoms with E-state index in [9.17, 15) is 19.6 Å². The van der Waals surface area contributed by atoms with E-state index < -0.39 is 30.9 Å². The maximum absolute atomic E-state index is 12.9. The molecule has 4 N–H and O–H groups in total. The number of benzene rings is 1. The highest BCUT2D eigenvalue weighted by Crippen LogP contribution is 2.09. The zero-order valence-corrected chi connectivity index (χ0v) is 16.9. The van der Waals surface area contributed by atoms with Crippen molar-refractivity contribution in [3.63, 3.8) is 0 Å². The molecule has 1 aromatic carbocycles. The maximum atomic E-state index is 12.9. The monoisotopic (exact) mass is 398 g/mol. The molecule has 0 fully saturated rings. The molecule has 0 aliphatic carbocycles. The molecular formula is C20H27BN4O4. The average Bonchev–Trinajstić information content (AvgIpc) is 2.67. The van der Waals surface area contributed by atoms with Crippen LogP contribution in [0.25, 0.3) is 0 Å². The van der Waals surface area contributed by atoms with E-state index in [-0.39, 0.29) is 18.0 Å². The van der Waals surface area contributed by atoms with Crippen molar-refractivity contribution in [1.82, 2.24) is 20.6 Å². The third-order valence-electron chi connectivity index (χ3n) is 4.30. The third-order valence-corrected chi connectivity index (χ3v) is 4.30. The summed E-state index contributed by atoms with van der Waals surface area (Å²) >= 11 is 0. The van der Waals surface area contributed by atoms with Gasteiger partial charge < -0.3 is 20.7 Å². The van der Waals surface area contributed by atoms with Crippen molar-refractivity contribution < 1.29 is 19.6 Å². The second-order valence-electron chi connectivity index (χ2n) is 7.42. The van der Waals surface area contributed by atoms with Crippen molar-refractivity contribution in [2.45, 2.75) is 45.6 Å². The summed E-state index contributed by atoms with van der Waals surface area (Å²) < 4.78 is 0. The Balaban J connectivity index is 2.19. The van der Waals surface area contributed by atoms with Gasteiger partial charge in [-0.25, -0.2) is 4.98 Å². The van der Waals surface area contributed by atoms with Gasteiger partial charge in [0.05, 0.1) is 17.8 Å². The fraction of sp³-hybridized carbons (Fsp3) is 0.400. The highest BCUT2D eigenvalue weighted by Gasteiger charge is 2.30. The minimum atomic E-state index is -1.70. The van der Waals surface area contributed by atoms with Gasteiger partial charge in [0.25, 0.3) is 5.91 Å². The second kappa shape index (κ2) is 10.7. The van der Waals surface area contributed by atoms with E-state index in [1.165, 1.54) is 12.4 Å². The third kappa shape index (κ3) is 7.28. The fourth-order valence-electron chi connectivity index (χ4n) is 2.91. The second-order valence-corrected chi connectivity index (χ2v) is 7.42. The number of carbonyl (C=O) groups is 2. The summed E-state index contributed by atoms with van der Waals surface area (Å²) in [6.07, 6.45) is 3.50. The van der Waals surface area contributed by atoms with Crippen molar-refractivity contribution in [3.05, 3.63) is 59.7 Å². The molecule has 0 saturated carbocycles. The van der Waals surface area contributed by atoms with Gasteiger partial charge in [-0.15, -0.1) is 0 Å². The predicted molar refractivity (Wildman–Crippen MR) is 110 cm³/mol. The van der Waals surface area contributed by atoms with Gasteiger partial charge in [-0.1, -0.05) is 44.2 Å². The van der Waals surface area contributed by atoms with Gasteiger partial charge in [-0.05, 0) is 24.8 Å². The van der Waals surface area contributed by atoms with Gasteiger partial charge in [0.2, 0.25) is 5.91 Å². The zero-order valence-electron chi connectivity index (χ0n) is 16.9. The molecule has 2 amide bonds. The van der Waals surface area contributed by atoms with Crippen LogP contribution >= 0.6 is 0 Å². The topological polar surface area (TPSA) is 124 Å². The van der Waals surface area contributed by atoms with Gasteiger partial charge in [0.1, 0.15) is 11.7 Å². The Hall–Kier alpha value is -2.78. The number of rotatable bonds is 9. The summed E-state index contributed by atoms with van der Waals surface area (Å²) in [6.45, 7) is 5.55. The van der Waals surface area contributed by atoms with Crippen LogP contribution in [0.3, 0.4) is 0 Å². The first-order chi connectivity index (χ1) is 13.8. The van der Waals surface area contributed by atoms with Crippen LogP contribution < -0.4 is 10.6 Å². The summed E-state index contributed by atoms with van der Waals surface area (Å²) in [4.78, 5) is 33.6. The number of nitrogens with zero attached hydrogens (tertiary/aromatic N) is 2. The molecule has 9 heteroatoms. The van der Waals surface area contributed by atoms with Gasteiger partial charge >= 0.3 is 7.12 Å². The smallest absolute Gasteiger partial charge is 0.426 e. The number of carbonyl (C=O) groups excluding carboxylic acids is 2. The van der Waals surface area contributed by atoms with Gasteiger partial charge in [-0.2, -0.15) is 0 Å². The Kier molecular flexibility index (Phi) is 8.29. The van der Waals surface area contributed by atoms with Crippen molar-refractivity contribution >= 4 is 18.9 Å². The predicted octanol–water partition coefficient (Wildman–Crippen LogP) is 0.669. The standard InChI is InChI=1S/C20H27BN4O4/c1-13(2)9-18(21(28)29)25-19(26)16(10-15-7-5-4-6-8-15)24-20(27)17-12-22-11-14(3)23-17/h4-8,11-13,16,18,28-29H,9-10H2,1-3H3,(H,24,27)(H,25,26). The molecular weight excluding hydrogens is 371 g/mol. The lowest BCUT2D eigenvalue weighted by Gasteiger charge is -2.24. The highest BCUT2D eigenvalue weighted by molar-refractivity contribution is 6.43. The normalized spacial score (nSPS) is 12.9. The summed E-state index contributed by atoms with van der Waals surface area (Å²) in [6, 6.07) is 8.34. The molecule has 0 bridgehead atoms. The van der Waals surface area contributed by atoms with Crippen molar-refractivity contribution in [2.75, 3.05) is 0 Å². The molecule has 0 saturated heterocycles. The quantitative estimate of drug-likeness (QED) is 0.461. The zero-order chi connectivity index (χ0) is 21.4. The Morgan fingerprint density at radius 3 is 2.38 bits per heavy atom. The molecule has 2 atom stereocenters. The Morgan fingerprint density at radius 2 is 1.79 bits per heavy atom. The Bertz CT molecular complexity index is 817. The van der Waals surface area contributed by atoms with Gasteiger partial charge in [0.15, 0.2) is 0 Å². The largest absolute Gasteiger partial charge is 0.475 e. The number of aryl methyl sites for hydroxylation is 1. The number of hydrogen-bond acceptors (Lipinski definition) is 6. The lowest BCUT2D eigenvalue weighted by Crippen LogP contribution is -2.55. The van der Waals surface area contributed by atoms with Crippen LogP contribution in [0.4, 0.5) is 0 Å². The van der Waals surface area contributed by atoms with Crippen molar-refractivity contribution in [2.24, 2.45) is 5.92 Å². The van der Waals surface area contributed by atoms with Crippen LogP contribution in [0.1, 0.15) is 42.0 Å². The van der Waals surface area contributed by atoms with E-state index in [0.29, 0.717) is 12.1 Å². The summed E-state index contributed by atoms with van der Waals surface area (Å²) in [5.74, 6) is -1.72. The lowest BCUT2D eigenvalue weighted by atomic mass is 9.75. The molecule has 2 aromatic rings. The molecule has 8 nitrogen and oxygen atoms in total. The first-order valence-corrected chi connectivity index (χ1v) is 9.56. The van der Waals surface area contributed by atoms with E-state index >= 15 is 0 Å². The number of aromatic nitrogens is 2. The molecule has 0 aliphatic rings. The summed E-state index contributed by atoms with van der Waals surface area (Å²) in [5, 5.41) is 24.6. The van der Waals surface area contributed by atoms with E-state index in [0.717, 1.165) is 5.56 Å². The maximum Gasteiger partial charge on any atom is 0.475 e. The van der Waals surface area contributed by atoms with E-state index in [4.69, 9.17) is 0 Å². The molecule has 1 aromatic heterocycles. The average molecular weight is 398 g/mol. The molecule has 0 radical (unpaired) electrons. The lowest BCUT2D eigenvalue weighted by molar-refractivity contribution is -0.123. The fourth-order valence-corrected chi connectivity index (χ4v) is 2.91. The molecule has 0 aliphatic heterocycles. The van der Waals surface area contributed by atoms with Crippen LogP contribution in [0, 0.1) is 12.8 Å². The van der Waals surface area contributed by atoms with Crippen LogP contribution in [-0.4, -0.2) is 50.9 Å². The number of nitrogens with one attached hydrogen (secondary N) is 2. The highest BCUT2D eigenvalue weighted by atomic mass is 16.4. The van der Waals surface area contributed by atoms with E-state index in [1.807, 2.05) is 44.2 Å². The first-order valence-electron chi connectivity index (χ1n) is 9.56. The molecule has 2 rings (SSSR count). The SMILES string of the molecule is Cc1cncc(C(=O)NC(Cc2ccccc2)C(=O)NC(CC(C)C)B(O)O)n1. The van der Waals surface area contributed by atoms with Crippen molar-refractivity contribution in [3.8, 4) is 0 Å². The van der Waals surface area contributed by atoms with Crippen molar-refractivity contribution in [1.29, 1.82) is 0 Å². The summed E-state index contributed by atoms with van der Waals surface area (Å²) in [5.41, 5.74) is 1.55. The Morgan fingerprint density at radius 1 is 1.10 bits per heavy atom. The van der Waals surface area contributed by atoms with Crippen LogP contribution in [0.15, 0.2) is 42.7 Å². The molecule has 0 spiro atoms. The number of hydrogen-bond donors (Lipinski definition) is 4. The number of amides is 2. The first kappa shape index (κ1) is 22.5. The Labute approximate surface area is 170 Å². The molecule has 2 unspecified atom stereocenters. The van der Waals surface area contributed by atoms with E-state index in [2.05, 4.69) is 20.6 Å². The van der Waals surface area contributed by atoms with Crippen LogP contribution in [0.5, 0.6) is 0 Å². The minimum absolute atomic E-state index is 0.108. The van der Waals surface area contributed by atoms with E-state index in [1.54, 1.807) is 6.92 Å². The molecule has 154 valence electrons. The minimum Gasteiger partial charge on any atom is -0.426 e. The van der Waals surface area contributed by atoms with Crippen LogP contribution in [-0.2, 0) is 11.2 Å². The molecule has 1 heterocycles. The molecule has 29 heavy (non-hydrogen) atoms. The van der Waals surface area contributed by atoms with Gasteiger partial charge in [-0.3, -0.25) is 14.6 Å². The van der Waals surface area contributed by atoms with Gasteiger partial charge in [0, 0.05) is 12.6 Å². The summed E-state index contributed by atoms with van der Waals surface area (Å²) in [7, 11) is -1.70.